The van der Waals surface area contributed by atoms with E-state index in [1.165, 1.54) is 6.08 Å². The van der Waals surface area contributed by atoms with Gasteiger partial charge in [0.1, 0.15) is 0 Å². The van der Waals surface area contributed by atoms with Crippen LogP contribution in [0.15, 0.2) is 23.8 Å². The molecule has 0 heterocycles. The van der Waals surface area contributed by atoms with Crippen LogP contribution in [-0.2, 0) is 9.59 Å². The fraction of sp³-hybridized carbons (Fsp3) is 0.125. The fourth-order valence-corrected chi connectivity index (χ4v) is 1.05. The van der Waals surface area contributed by atoms with Crippen molar-refractivity contribution in [1.29, 1.82) is 0 Å². The summed E-state index contributed by atoms with van der Waals surface area (Å²) in [4.78, 5) is 23.7. The van der Waals surface area contributed by atoms with E-state index in [2.05, 4.69) is 4.79 Å². The number of allylic oxidation sites excluding steroid dienone is 2. The lowest BCUT2D eigenvalue weighted by atomic mass is 9.93. The maximum absolute atomic E-state index is 10.5. The molecule has 0 fully saturated rings. The van der Waals surface area contributed by atoms with Gasteiger partial charge in [0.05, 0.1) is 11.9 Å². The van der Waals surface area contributed by atoms with E-state index in [0.717, 1.165) is 12.2 Å². The molecule has 1 rings (SSSR count). The van der Waals surface area contributed by atoms with Crippen molar-refractivity contribution >= 4 is 17.7 Å². The first-order chi connectivity index (χ1) is 6.56. The van der Waals surface area contributed by atoms with Crippen LogP contribution in [0.1, 0.15) is 0 Å². The van der Waals surface area contributed by atoms with E-state index < -0.39 is 23.4 Å². The molecule has 0 bridgehead atoms. The third-order valence-electron chi connectivity index (χ3n) is 1.70. The first-order valence-electron chi connectivity index (χ1n) is 3.60. The Morgan fingerprint density at radius 3 is 2.50 bits per heavy atom. The summed E-state index contributed by atoms with van der Waals surface area (Å²) in [6.07, 6.45) is 3.14. The van der Waals surface area contributed by atoms with Gasteiger partial charge in [-0.1, -0.05) is 6.08 Å². The van der Waals surface area contributed by atoms with Crippen molar-refractivity contribution in [2.24, 2.45) is 5.92 Å². The Labute approximate surface area is 78.4 Å². The van der Waals surface area contributed by atoms with Gasteiger partial charge in [-0.2, -0.15) is 4.79 Å². The van der Waals surface area contributed by atoms with Gasteiger partial charge in [-0.25, -0.2) is 0 Å². The summed E-state index contributed by atoms with van der Waals surface area (Å²) in [5.41, 5.74) is 7.78. The highest BCUT2D eigenvalue weighted by atomic mass is 16.4. The van der Waals surface area contributed by atoms with Crippen molar-refractivity contribution in [2.75, 3.05) is 0 Å². The van der Waals surface area contributed by atoms with E-state index in [0.29, 0.717) is 0 Å². The number of carbonyl (C=O) groups excluding carboxylic acids is 2. The summed E-state index contributed by atoms with van der Waals surface area (Å²) in [5.74, 6) is -4.55. The molecule has 0 aromatic heterocycles. The molecule has 1 aliphatic rings. The molecule has 72 valence electrons. The molecule has 1 unspecified atom stereocenters. The van der Waals surface area contributed by atoms with Crippen LogP contribution in [0.25, 0.3) is 5.53 Å². The molecule has 6 nitrogen and oxygen atoms in total. The Morgan fingerprint density at radius 2 is 2.07 bits per heavy atom. The van der Waals surface area contributed by atoms with Gasteiger partial charge in [0.2, 0.25) is 0 Å². The molecule has 14 heavy (non-hydrogen) atoms. The smallest absolute Gasteiger partial charge is 0.315 e. The minimum Gasteiger partial charge on any atom is -0.549 e. The number of nitrogens with zero attached hydrogens (tertiary/aromatic N) is 2. The predicted molar refractivity (Wildman–Crippen MR) is 39.4 cm³/mol. The van der Waals surface area contributed by atoms with Crippen molar-refractivity contribution in [1.82, 2.24) is 0 Å². The van der Waals surface area contributed by atoms with Crippen LogP contribution in [-0.4, -0.2) is 22.4 Å². The van der Waals surface area contributed by atoms with Crippen molar-refractivity contribution in [2.45, 2.75) is 0 Å². The molecule has 0 aromatic rings. The van der Waals surface area contributed by atoms with E-state index in [1.54, 1.807) is 0 Å². The molecular weight excluding hydrogens is 188 g/mol. The zero-order valence-electron chi connectivity index (χ0n) is 6.84. The van der Waals surface area contributed by atoms with Gasteiger partial charge in [-0.05, 0) is 5.57 Å². The molecule has 0 N–H and O–H groups in total. The minimum atomic E-state index is -1.63. The molecule has 0 saturated carbocycles. The lowest BCUT2D eigenvalue weighted by molar-refractivity contribution is -0.313. The molecule has 6 heteroatoms. The lowest BCUT2D eigenvalue weighted by Crippen LogP contribution is -2.39. The van der Waals surface area contributed by atoms with Gasteiger partial charge in [0, 0.05) is 18.1 Å². The van der Waals surface area contributed by atoms with Crippen molar-refractivity contribution in [3.63, 3.8) is 0 Å². The normalized spacial score (nSPS) is 19.9. The summed E-state index contributed by atoms with van der Waals surface area (Å²) in [6, 6.07) is 0. The van der Waals surface area contributed by atoms with Gasteiger partial charge in [0.25, 0.3) is 0 Å². The highest BCUT2D eigenvalue weighted by Crippen LogP contribution is 2.16. The second-order valence-corrected chi connectivity index (χ2v) is 2.57. The minimum absolute atomic E-state index is 0.0540. The molecule has 0 aromatic carbocycles. The lowest BCUT2D eigenvalue weighted by Gasteiger charge is -2.19. The average Bonchev–Trinajstić information content (AvgIpc) is 2.16. The number of hydrogen-bond donors (Lipinski definition) is 0. The van der Waals surface area contributed by atoms with Gasteiger partial charge in [-0.15, -0.1) is 0 Å². The van der Waals surface area contributed by atoms with E-state index in [1.807, 2.05) is 0 Å². The summed E-state index contributed by atoms with van der Waals surface area (Å²) in [7, 11) is 0. The summed E-state index contributed by atoms with van der Waals surface area (Å²) in [6.45, 7) is 0. The van der Waals surface area contributed by atoms with Crippen molar-refractivity contribution in [3.8, 4) is 0 Å². The van der Waals surface area contributed by atoms with Crippen LogP contribution in [0.3, 0.4) is 0 Å². The Balaban J connectivity index is 3.16. The SMILES string of the molecule is [N-]=[N+]=C1C=CC(C(=O)[O-])C(C(=O)[O-])=C1. The second kappa shape index (κ2) is 3.68. The number of carbonyl (C=O) groups is 2. The molecular formula is C8H4N2O4-2. The summed E-state index contributed by atoms with van der Waals surface area (Å²) in [5, 5.41) is 21.0. The Kier molecular flexibility index (Phi) is 2.59. The third kappa shape index (κ3) is 1.75. The number of carboxylic acids is 2. The Bertz CT molecular complexity index is 402. The molecule has 1 atom stereocenters. The molecule has 0 saturated heterocycles. The Morgan fingerprint density at radius 1 is 1.43 bits per heavy atom. The highest BCUT2D eigenvalue weighted by molar-refractivity contribution is 6.09. The van der Waals surface area contributed by atoms with Gasteiger partial charge >= 0.3 is 5.71 Å². The van der Waals surface area contributed by atoms with E-state index in [9.17, 15) is 19.8 Å². The van der Waals surface area contributed by atoms with Crippen molar-refractivity contribution in [3.05, 3.63) is 29.3 Å². The largest absolute Gasteiger partial charge is 0.549 e. The first kappa shape index (κ1) is 9.88. The van der Waals surface area contributed by atoms with Crippen molar-refractivity contribution < 1.29 is 24.6 Å². The molecule has 1 aliphatic carbocycles. The number of carboxylic acid groups (broad SMARTS) is 2. The van der Waals surface area contributed by atoms with Crippen LogP contribution >= 0.6 is 0 Å². The zero-order chi connectivity index (χ0) is 10.7. The summed E-state index contributed by atoms with van der Waals surface area (Å²) >= 11 is 0. The number of hydrogen-bond acceptors (Lipinski definition) is 4. The van der Waals surface area contributed by atoms with Crippen LogP contribution in [0.5, 0.6) is 0 Å². The fourth-order valence-electron chi connectivity index (χ4n) is 1.05. The molecule has 0 spiro atoms. The molecule has 0 amide bonds. The first-order valence-corrected chi connectivity index (χ1v) is 3.60. The third-order valence-corrected chi connectivity index (χ3v) is 1.70. The Hall–Kier alpha value is -2.20. The maximum atomic E-state index is 10.5. The second-order valence-electron chi connectivity index (χ2n) is 2.57. The van der Waals surface area contributed by atoms with Gasteiger partial charge in [0.15, 0.2) is 0 Å². The van der Waals surface area contributed by atoms with Crippen LogP contribution in [0.4, 0.5) is 0 Å². The standard InChI is InChI=1S/C8H6N2O4/c9-10-4-1-2-5(7(11)12)6(3-4)8(13)14/h1-3,5H,(H,11,12)(H,13,14)/p-2. The average molecular weight is 192 g/mol. The van der Waals surface area contributed by atoms with E-state index in [4.69, 9.17) is 5.53 Å². The van der Waals surface area contributed by atoms with Crippen LogP contribution in [0.2, 0.25) is 0 Å². The van der Waals surface area contributed by atoms with E-state index >= 15 is 0 Å². The number of rotatable bonds is 2. The van der Waals surface area contributed by atoms with Gasteiger partial charge in [-0.3, -0.25) is 0 Å². The van der Waals surface area contributed by atoms with Crippen LogP contribution in [0, 0.1) is 5.92 Å². The highest BCUT2D eigenvalue weighted by Gasteiger charge is 2.20. The summed E-state index contributed by atoms with van der Waals surface area (Å²) < 4.78 is 0. The maximum Gasteiger partial charge on any atom is 0.315 e. The zero-order valence-corrected chi connectivity index (χ0v) is 6.84. The molecule has 0 aliphatic heterocycles. The quantitative estimate of drug-likeness (QED) is 0.348. The van der Waals surface area contributed by atoms with Crippen LogP contribution < -0.4 is 10.2 Å². The monoisotopic (exact) mass is 192 g/mol. The van der Waals surface area contributed by atoms with E-state index in [-0.39, 0.29) is 5.71 Å². The predicted octanol–water partition coefficient (Wildman–Crippen LogP) is -2.73. The number of aliphatic carboxylic acids is 2. The van der Waals surface area contributed by atoms with Gasteiger partial charge < -0.3 is 25.3 Å². The molecule has 0 radical (unpaired) electrons. The topological polar surface area (TPSA) is 117 Å².